The van der Waals surface area contributed by atoms with Crippen LogP contribution in [0.4, 0.5) is 10.1 Å². The number of amidine groups is 1. The average Bonchev–Trinajstić information content (AvgIpc) is 3.17. The van der Waals surface area contributed by atoms with Crippen LogP contribution in [0.15, 0.2) is 29.4 Å². The molecule has 0 bridgehead atoms. The highest BCUT2D eigenvalue weighted by Crippen LogP contribution is 2.42. The Balaban J connectivity index is 1.69. The zero-order valence-electron chi connectivity index (χ0n) is 19.0. The largest absolute Gasteiger partial charge is 0.386 e. The van der Waals surface area contributed by atoms with Crippen molar-refractivity contribution in [3.05, 3.63) is 52.9 Å². The fourth-order valence-corrected chi connectivity index (χ4v) is 7.02. The first kappa shape index (κ1) is 23.7. The summed E-state index contributed by atoms with van der Waals surface area (Å²) >= 11 is 0. The summed E-state index contributed by atoms with van der Waals surface area (Å²) in [6.07, 6.45) is 1.51. The van der Waals surface area contributed by atoms with Crippen LogP contribution in [-0.2, 0) is 15.4 Å². The minimum atomic E-state index is -3.76. The number of nitrogens with one attached hydrogen (secondary N) is 1. The number of rotatable bonds is 3. The second-order valence-electron chi connectivity index (χ2n) is 8.96. The molecule has 2 aromatic rings. The molecule has 1 unspecified atom stereocenters. The van der Waals surface area contributed by atoms with Gasteiger partial charge in [-0.15, -0.1) is 0 Å². The molecule has 1 spiro atoms. The van der Waals surface area contributed by atoms with Crippen LogP contribution in [0.25, 0.3) is 0 Å². The molecule has 10 nitrogen and oxygen atoms in total. The van der Waals surface area contributed by atoms with E-state index in [1.54, 1.807) is 6.92 Å². The van der Waals surface area contributed by atoms with Crippen LogP contribution in [0, 0.1) is 24.1 Å². The molecular weight excluding hydrogens is 461 g/mol. The normalized spacial score (nSPS) is 26.1. The zero-order valence-corrected chi connectivity index (χ0v) is 19.8. The minimum absolute atomic E-state index is 0.000612. The molecule has 0 saturated carbocycles. The van der Waals surface area contributed by atoms with E-state index in [-0.39, 0.29) is 40.7 Å². The van der Waals surface area contributed by atoms with Gasteiger partial charge in [-0.1, -0.05) is 0 Å². The first-order valence-electron chi connectivity index (χ1n) is 10.5. The van der Waals surface area contributed by atoms with Crippen LogP contribution in [0.5, 0.6) is 0 Å². The summed E-state index contributed by atoms with van der Waals surface area (Å²) in [7, 11) is -1.95. The number of carbonyl (C=O) groups is 1. The number of nitriles is 1. The van der Waals surface area contributed by atoms with Gasteiger partial charge in [-0.05, 0) is 52.1 Å². The smallest absolute Gasteiger partial charge is 0.276 e. The van der Waals surface area contributed by atoms with Crippen LogP contribution in [0.1, 0.15) is 40.8 Å². The standard InChI is InChI=1S/C22H24FN7O3S/c1-13-18(26-10-15(9-24)27-13)19(31)28-14-4-5-17(23)16(8-14)21(2)12-34(32,33)22(20(25)29-21)6-7-30(3)11-22/h4-5,8,10H,6-7,11-12H2,1-3H3,(H2,25,29)(H,28,31)/t21-,22?/m0/s1. The van der Waals surface area contributed by atoms with E-state index in [9.17, 15) is 17.6 Å². The maximum atomic E-state index is 14.9. The third-order valence-corrected chi connectivity index (χ3v) is 9.08. The Bertz CT molecular complexity index is 1370. The lowest BCUT2D eigenvalue weighted by Gasteiger charge is -2.39. The minimum Gasteiger partial charge on any atom is -0.386 e. The number of aromatic nitrogens is 2. The van der Waals surface area contributed by atoms with Crippen LogP contribution in [-0.4, -0.2) is 65.7 Å². The van der Waals surface area contributed by atoms with E-state index >= 15 is 0 Å². The summed E-state index contributed by atoms with van der Waals surface area (Å²) in [5, 5.41) is 11.5. The molecule has 3 N–H and O–H groups in total. The number of carbonyl (C=O) groups excluding carboxylic acids is 1. The molecule has 1 amide bonds. The molecule has 4 rings (SSSR count). The molecule has 34 heavy (non-hydrogen) atoms. The van der Waals surface area contributed by atoms with Crippen molar-refractivity contribution in [1.29, 1.82) is 5.26 Å². The van der Waals surface area contributed by atoms with E-state index in [1.165, 1.54) is 25.3 Å². The highest BCUT2D eigenvalue weighted by atomic mass is 32.2. The highest BCUT2D eigenvalue weighted by molar-refractivity contribution is 7.93. The summed E-state index contributed by atoms with van der Waals surface area (Å²) in [5.74, 6) is -1.71. The van der Waals surface area contributed by atoms with E-state index in [0.717, 1.165) is 6.07 Å². The first-order valence-corrected chi connectivity index (χ1v) is 12.2. The number of hydrogen-bond acceptors (Lipinski definition) is 9. The average molecular weight is 486 g/mol. The molecule has 1 saturated heterocycles. The molecule has 0 aliphatic carbocycles. The molecule has 2 aliphatic heterocycles. The number of anilines is 1. The zero-order chi connectivity index (χ0) is 24.9. The van der Waals surface area contributed by atoms with Gasteiger partial charge in [0.1, 0.15) is 33.7 Å². The number of aryl methyl sites for hydroxylation is 1. The molecule has 0 radical (unpaired) electrons. The Morgan fingerprint density at radius 1 is 1.38 bits per heavy atom. The van der Waals surface area contributed by atoms with Gasteiger partial charge in [0.2, 0.25) is 0 Å². The SMILES string of the molecule is Cc1nc(C#N)cnc1C(=O)Nc1ccc(F)c([C@]2(C)CS(=O)(=O)C3(CCN(C)C3)C(N)=N2)c1. The number of halogens is 1. The summed E-state index contributed by atoms with van der Waals surface area (Å²) in [6.45, 7) is 3.87. The summed E-state index contributed by atoms with van der Waals surface area (Å²) in [5.41, 5.74) is 5.32. The number of benzene rings is 1. The lowest BCUT2D eigenvalue weighted by atomic mass is 9.92. The number of nitrogens with zero attached hydrogens (tertiary/aromatic N) is 5. The molecule has 12 heteroatoms. The monoisotopic (exact) mass is 485 g/mol. The quantitative estimate of drug-likeness (QED) is 0.655. The molecule has 3 heterocycles. The second kappa shape index (κ2) is 8.11. The van der Waals surface area contributed by atoms with Crippen LogP contribution >= 0.6 is 0 Å². The highest BCUT2D eigenvalue weighted by Gasteiger charge is 2.57. The van der Waals surface area contributed by atoms with E-state index in [1.807, 2.05) is 18.0 Å². The van der Waals surface area contributed by atoms with Crippen molar-refractivity contribution >= 4 is 27.3 Å². The van der Waals surface area contributed by atoms with Crippen LogP contribution in [0.2, 0.25) is 0 Å². The molecule has 2 aliphatic rings. The molecular formula is C22H24FN7O3S. The van der Waals surface area contributed by atoms with Crippen molar-refractivity contribution < 1.29 is 17.6 Å². The molecule has 1 fully saturated rings. The van der Waals surface area contributed by atoms with Gasteiger partial charge in [0.05, 0.1) is 17.6 Å². The van der Waals surface area contributed by atoms with Crippen molar-refractivity contribution in [2.75, 3.05) is 31.2 Å². The van der Waals surface area contributed by atoms with Gasteiger partial charge >= 0.3 is 0 Å². The number of likely N-dealkylation sites (tertiary alicyclic amines) is 1. The van der Waals surface area contributed by atoms with Crippen molar-refractivity contribution in [1.82, 2.24) is 14.9 Å². The Hall–Kier alpha value is -3.43. The lowest BCUT2D eigenvalue weighted by Crippen LogP contribution is -2.59. The topological polar surface area (TPSA) is 154 Å². The number of nitrogens with two attached hydrogens (primary N) is 1. The van der Waals surface area contributed by atoms with E-state index in [4.69, 9.17) is 11.0 Å². The number of aliphatic imine (C=N–C) groups is 1. The predicted molar refractivity (Wildman–Crippen MR) is 123 cm³/mol. The van der Waals surface area contributed by atoms with Crippen molar-refractivity contribution in [2.45, 2.75) is 30.6 Å². The Morgan fingerprint density at radius 2 is 2.12 bits per heavy atom. The van der Waals surface area contributed by atoms with Gasteiger partial charge in [-0.3, -0.25) is 9.79 Å². The Morgan fingerprint density at radius 3 is 2.71 bits per heavy atom. The molecule has 1 aromatic heterocycles. The van der Waals surface area contributed by atoms with Gasteiger partial charge in [0.15, 0.2) is 15.5 Å². The van der Waals surface area contributed by atoms with Gasteiger partial charge in [0, 0.05) is 17.8 Å². The Kier molecular flexibility index (Phi) is 5.65. The van der Waals surface area contributed by atoms with Crippen molar-refractivity contribution in [2.24, 2.45) is 10.7 Å². The fraction of sp³-hybridized carbons (Fsp3) is 0.409. The van der Waals surface area contributed by atoms with E-state index in [0.29, 0.717) is 13.0 Å². The molecule has 178 valence electrons. The summed E-state index contributed by atoms with van der Waals surface area (Å²) in [6, 6.07) is 5.69. The van der Waals surface area contributed by atoms with Gasteiger partial charge < -0.3 is 16.0 Å². The van der Waals surface area contributed by atoms with Gasteiger partial charge in [-0.25, -0.2) is 22.8 Å². The first-order chi connectivity index (χ1) is 15.9. The number of amides is 1. The Labute approximate surface area is 196 Å². The summed E-state index contributed by atoms with van der Waals surface area (Å²) in [4.78, 5) is 27.1. The predicted octanol–water partition coefficient (Wildman–Crippen LogP) is 1.12. The van der Waals surface area contributed by atoms with Crippen molar-refractivity contribution in [3.63, 3.8) is 0 Å². The van der Waals surface area contributed by atoms with Gasteiger partial charge in [0.25, 0.3) is 5.91 Å². The number of sulfone groups is 1. The number of hydrogen-bond donors (Lipinski definition) is 2. The lowest BCUT2D eigenvalue weighted by molar-refractivity contribution is 0.102. The maximum Gasteiger partial charge on any atom is 0.276 e. The third kappa shape index (κ3) is 3.80. The maximum absolute atomic E-state index is 14.9. The fourth-order valence-electron chi connectivity index (χ4n) is 4.60. The van der Waals surface area contributed by atoms with E-state index in [2.05, 4.69) is 20.3 Å². The van der Waals surface area contributed by atoms with E-state index < -0.39 is 37.6 Å². The third-order valence-electron chi connectivity index (χ3n) is 6.40. The molecule has 2 atom stereocenters. The second-order valence-corrected chi connectivity index (χ2v) is 11.3. The van der Waals surface area contributed by atoms with Crippen LogP contribution in [0.3, 0.4) is 0 Å². The molecule has 1 aromatic carbocycles. The van der Waals surface area contributed by atoms with Gasteiger partial charge in [-0.2, -0.15) is 5.26 Å². The summed E-state index contributed by atoms with van der Waals surface area (Å²) < 4.78 is 40.4. The van der Waals surface area contributed by atoms with Crippen molar-refractivity contribution in [3.8, 4) is 6.07 Å². The van der Waals surface area contributed by atoms with Crippen LogP contribution < -0.4 is 11.1 Å².